The Labute approximate surface area is 175 Å². The molecule has 0 aliphatic carbocycles. The van der Waals surface area contributed by atoms with E-state index in [0.29, 0.717) is 15.4 Å². The predicted molar refractivity (Wildman–Crippen MR) is 107 cm³/mol. The predicted octanol–water partition coefficient (Wildman–Crippen LogP) is 2.75. The molecule has 148 valence electrons. The van der Waals surface area contributed by atoms with Crippen molar-refractivity contribution in [3.63, 3.8) is 0 Å². The van der Waals surface area contributed by atoms with Gasteiger partial charge in [0.05, 0.1) is 0 Å². The molecule has 1 aliphatic rings. The molecule has 28 heavy (non-hydrogen) atoms. The van der Waals surface area contributed by atoms with Crippen LogP contribution in [0, 0.1) is 0 Å². The Morgan fingerprint density at radius 3 is 2.57 bits per heavy atom. The van der Waals surface area contributed by atoms with Crippen LogP contribution in [0.2, 0.25) is 3.43 Å². The first-order valence-corrected chi connectivity index (χ1v) is 12.2. The number of ether oxygens (including phenoxy) is 1. The number of nitrogens with zero attached hydrogens (tertiary/aromatic N) is 4. The van der Waals surface area contributed by atoms with Gasteiger partial charge >= 0.3 is 176 Å². The number of hydrogen-bond acceptors (Lipinski definition) is 5. The normalized spacial score (nSPS) is 14.8. The number of rotatable bonds is 2. The summed E-state index contributed by atoms with van der Waals surface area (Å²) in [6.45, 7) is 12.4. The van der Waals surface area contributed by atoms with E-state index in [0.717, 1.165) is 20.0 Å². The van der Waals surface area contributed by atoms with E-state index in [2.05, 4.69) is 36.9 Å². The average molecular weight is 489 g/mol. The van der Waals surface area contributed by atoms with Crippen molar-refractivity contribution in [1.82, 2.24) is 19.7 Å². The summed E-state index contributed by atoms with van der Waals surface area (Å²) < 4.78 is 8.59. The van der Waals surface area contributed by atoms with Crippen LogP contribution in [0.5, 0.6) is 0 Å². The second-order valence-electron chi connectivity index (χ2n) is 8.88. The standard InChI is InChI=1S/C16H17N4O3.C4H9.Sn/c1-16(2,3)23-15(22)19-9-6-13-12(14(19)21)10-18-20(13)11-4-7-17-8-5-11;1-4(2)3;/h4-5,7,10H,6,9H2,1-3H3;1-3H3;. The molecule has 1 aliphatic heterocycles. The number of carbonyl (C=O) groups excluding carboxylic acids is 2. The molecule has 0 atom stereocenters. The number of pyridine rings is 1. The van der Waals surface area contributed by atoms with E-state index in [1.807, 2.05) is 12.3 Å². The fourth-order valence-electron chi connectivity index (χ4n) is 2.98. The Kier molecular flexibility index (Phi) is 5.57. The molecule has 2 aromatic rings. The first-order chi connectivity index (χ1) is 12.9. The molecule has 3 heterocycles. The van der Waals surface area contributed by atoms with E-state index in [-0.39, 0.29) is 12.5 Å². The van der Waals surface area contributed by atoms with Crippen LogP contribution in [0.1, 0.15) is 57.6 Å². The van der Waals surface area contributed by atoms with Crippen LogP contribution < -0.4 is 3.71 Å². The maximum atomic E-state index is 12.8. The third kappa shape index (κ3) is 4.74. The van der Waals surface area contributed by atoms with Crippen LogP contribution in [0.25, 0.3) is 5.69 Å². The Hall–Kier alpha value is -1.90. The molecule has 3 rings (SSSR count). The number of hydrogen-bond donors (Lipinski definition) is 0. The molecule has 2 aromatic heterocycles. The maximum absolute atomic E-state index is 12.8. The van der Waals surface area contributed by atoms with Crippen LogP contribution in [-0.4, -0.2) is 65.0 Å². The fourth-order valence-corrected chi connectivity index (χ4v) is 6.19. The Balaban J connectivity index is 1.87. The summed E-state index contributed by atoms with van der Waals surface area (Å²) in [6, 6.07) is 3.99. The molecule has 0 saturated heterocycles. The van der Waals surface area contributed by atoms with E-state index in [1.165, 1.54) is 6.20 Å². The molecule has 2 amide bonds. The zero-order valence-electron chi connectivity index (χ0n) is 17.2. The van der Waals surface area contributed by atoms with Gasteiger partial charge in [-0.05, 0) is 0 Å². The minimum absolute atomic E-state index is 0.281. The van der Waals surface area contributed by atoms with Gasteiger partial charge in [0.1, 0.15) is 0 Å². The number of aromatic nitrogens is 3. The van der Waals surface area contributed by atoms with Crippen LogP contribution in [0.15, 0.2) is 24.5 Å². The Morgan fingerprint density at radius 2 is 1.93 bits per heavy atom. The van der Waals surface area contributed by atoms with Crippen molar-refractivity contribution in [2.75, 3.05) is 6.54 Å². The quantitative estimate of drug-likeness (QED) is 0.607. The molecule has 2 radical (unpaired) electrons. The molecular formula is C20H26N4O3Sn. The van der Waals surface area contributed by atoms with Gasteiger partial charge in [0.25, 0.3) is 0 Å². The van der Waals surface area contributed by atoms with Gasteiger partial charge in [0.2, 0.25) is 0 Å². The van der Waals surface area contributed by atoms with E-state index in [4.69, 9.17) is 4.74 Å². The fraction of sp³-hybridized carbons (Fsp3) is 0.500. The van der Waals surface area contributed by atoms with Gasteiger partial charge < -0.3 is 0 Å². The van der Waals surface area contributed by atoms with E-state index in [9.17, 15) is 9.59 Å². The monoisotopic (exact) mass is 490 g/mol. The zero-order chi connectivity index (χ0) is 20.7. The molecule has 0 spiro atoms. The Bertz CT molecular complexity index is 909. The Morgan fingerprint density at radius 1 is 1.21 bits per heavy atom. The molecule has 8 heteroatoms. The van der Waals surface area contributed by atoms with Gasteiger partial charge in [-0.15, -0.1) is 0 Å². The summed E-state index contributed by atoms with van der Waals surface area (Å²) in [5.74, 6) is -0.359. The third-order valence-corrected chi connectivity index (χ3v) is 7.67. The molecule has 0 saturated carbocycles. The van der Waals surface area contributed by atoms with Gasteiger partial charge in [-0.2, -0.15) is 0 Å². The summed E-state index contributed by atoms with van der Waals surface area (Å²) in [7, 11) is 0. The van der Waals surface area contributed by atoms with Gasteiger partial charge in [-0.1, -0.05) is 0 Å². The summed E-state index contributed by atoms with van der Waals surface area (Å²) >= 11 is -0.847. The van der Waals surface area contributed by atoms with Crippen LogP contribution in [0.4, 0.5) is 4.79 Å². The molecule has 0 N–H and O–H groups in total. The molecule has 0 aromatic carbocycles. The van der Waals surface area contributed by atoms with Gasteiger partial charge in [0.15, 0.2) is 0 Å². The van der Waals surface area contributed by atoms with Crippen molar-refractivity contribution >= 4 is 36.9 Å². The number of carbonyl (C=O) groups is 2. The minimum atomic E-state index is -0.847. The van der Waals surface area contributed by atoms with Gasteiger partial charge in [0, 0.05) is 0 Å². The summed E-state index contributed by atoms with van der Waals surface area (Å²) in [5.41, 5.74) is 1.54. The van der Waals surface area contributed by atoms with Crippen molar-refractivity contribution in [3.8, 4) is 5.69 Å². The van der Waals surface area contributed by atoms with E-state index < -0.39 is 32.8 Å². The zero-order valence-corrected chi connectivity index (χ0v) is 20.1. The van der Waals surface area contributed by atoms with Crippen molar-refractivity contribution in [2.24, 2.45) is 0 Å². The molecular weight excluding hydrogens is 463 g/mol. The van der Waals surface area contributed by atoms with Crippen LogP contribution in [-0.2, 0) is 11.2 Å². The number of fused-ring (bicyclic) bond motifs is 1. The SMILES string of the molecule is CC(C)(C)OC(=O)N1CCc2c(cnn2-c2ccn[c]([Sn][C](C)(C)C)c2)C1=O. The van der Waals surface area contributed by atoms with Crippen molar-refractivity contribution in [3.05, 3.63) is 35.8 Å². The van der Waals surface area contributed by atoms with Crippen molar-refractivity contribution in [2.45, 2.75) is 57.0 Å². The van der Waals surface area contributed by atoms with E-state index >= 15 is 0 Å². The third-order valence-electron chi connectivity index (χ3n) is 4.02. The van der Waals surface area contributed by atoms with Gasteiger partial charge in [-0.25, -0.2) is 0 Å². The number of amides is 2. The molecule has 7 nitrogen and oxygen atoms in total. The first-order valence-electron chi connectivity index (χ1n) is 9.31. The van der Waals surface area contributed by atoms with Gasteiger partial charge in [-0.3, -0.25) is 0 Å². The topological polar surface area (TPSA) is 77.3 Å². The second-order valence-corrected chi connectivity index (χ2v) is 15.3. The van der Waals surface area contributed by atoms with Crippen LogP contribution >= 0.6 is 0 Å². The summed E-state index contributed by atoms with van der Waals surface area (Å²) in [6.07, 6.45) is 3.28. The first kappa shape index (κ1) is 20.8. The van der Waals surface area contributed by atoms with Crippen molar-refractivity contribution < 1.29 is 14.3 Å². The molecule has 0 unspecified atom stereocenters. The summed E-state index contributed by atoms with van der Waals surface area (Å²) in [5, 5.41) is 4.43. The molecule has 0 fully saturated rings. The van der Waals surface area contributed by atoms with E-state index in [1.54, 1.807) is 25.5 Å². The summed E-state index contributed by atoms with van der Waals surface area (Å²) in [4.78, 5) is 30.8. The average Bonchev–Trinajstić information content (AvgIpc) is 2.97. The number of imide groups is 1. The second kappa shape index (κ2) is 7.50. The molecule has 0 bridgehead atoms. The van der Waals surface area contributed by atoms with Crippen LogP contribution in [0.3, 0.4) is 0 Å². The van der Waals surface area contributed by atoms with Crippen molar-refractivity contribution in [1.29, 1.82) is 0 Å².